The number of amides is 1. The van der Waals surface area contributed by atoms with Gasteiger partial charge in [-0.3, -0.25) is 4.79 Å². The number of piperidine rings is 1. The molecule has 13 heteroatoms. The maximum atomic E-state index is 12.1. The Morgan fingerprint density at radius 3 is 2.49 bits per heavy atom. The summed E-state index contributed by atoms with van der Waals surface area (Å²) in [5.74, 6) is -1.24. The number of carboxylic acid groups (broad SMARTS) is 1. The lowest BCUT2D eigenvalue weighted by Crippen LogP contribution is -2.52. The minimum atomic E-state index is -4.32. The highest BCUT2D eigenvalue weighted by atomic mass is 19.4. The van der Waals surface area contributed by atoms with E-state index in [2.05, 4.69) is 21.0 Å². The number of aromatic carboxylic acids is 1. The molecule has 2 aromatic rings. The number of rotatable bonds is 5. The summed E-state index contributed by atoms with van der Waals surface area (Å²) in [4.78, 5) is 34.9. The van der Waals surface area contributed by atoms with Gasteiger partial charge in [0.2, 0.25) is 11.8 Å². The number of carbonyl (C=O) groups is 2. The molecule has 1 saturated heterocycles. The number of H-pyrrole nitrogens is 1. The van der Waals surface area contributed by atoms with E-state index < -0.39 is 31.2 Å². The Bertz CT molecular complexity index is 1070. The third-order valence-electron chi connectivity index (χ3n) is 5.41. The van der Waals surface area contributed by atoms with E-state index >= 15 is 0 Å². The molecule has 35 heavy (non-hydrogen) atoms. The van der Waals surface area contributed by atoms with E-state index in [9.17, 15) is 22.8 Å². The summed E-state index contributed by atoms with van der Waals surface area (Å²) in [6.45, 7) is 6.64. The molecule has 0 radical (unpaired) electrons. The quantitative estimate of drug-likeness (QED) is 0.567. The molecule has 1 atom stereocenters. The standard InChI is InChI=1S/C12H21N3O.C10H8F3N3O3/c1-12(2,3)10(14)11(16)15-6-4-9(8-13)5-7-15;11-10(12,13)1-2-19-6-4-15-8-7(16-6)5(3-14-8)9(17)18/h9-10H,4-7,14H2,1-3H3;3-4H,1-2H2,(H,14,15)(H,17,18)/t10-;/m0./s1. The number of hydrogen-bond acceptors (Lipinski definition) is 7. The van der Waals surface area contributed by atoms with Gasteiger partial charge in [-0.2, -0.15) is 18.4 Å². The molecule has 2 aromatic heterocycles. The van der Waals surface area contributed by atoms with Gasteiger partial charge >= 0.3 is 12.1 Å². The van der Waals surface area contributed by atoms with Gasteiger partial charge in [-0.05, 0) is 18.3 Å². The van der Waals surface area contributed by atoms with Crippen molar-refractivity contribution in [3.8, 4) is 11.9 Å². The van der Waals surface area contributed by atoms with E-state index in [1.54, 1.807) is 4.90 Å². The lowest BCUT2D eigenvalue weighted by molar-refractivity contribution is -0.139. The highest BCUT2D eigenvalue weighted by molar-refractivity contribution is 6.00. The van der Waals surface area contributed by atoms with Gasteiger partial charge < -0.3 is 25.5 Å². The molecule has 192 valence electrons. The van der Waals surface area contributed by atoms with Gasteiger partial charge in [-0.25, -0.2) is 14.8 Å². The topological polar surface area (TPSA) is 158 Å². The zero-order valence-corrected chi connectivity index (χ0v) is 19.7. The fourth-order valence-corrected chi connectivity index (χ4v) is 3.18. The van der Waals surface area contributed by atoms with E-state index in [1.165, 1.54) is 6.20 Å². The highest BCUT2D eigenvalue weighted by Gasteiger charge is 2.32. The minimum Gasteiger partial charge on any atom is -0.478 e. The molecule has 3 rings (SSSR count). The number of hydrogen-bond donors (Lipinski definition) is 3. The Morgan fingerprint density at radius 2 is 1.97 bits per heavy atom. The van der Waals surface area contributed by atoms with Crippen molar-refractivity contribution in [2.24, 2.45) is 17.1 Å². The predicted molar refractivity (Wildman–Crippen MR) is 119 cm³/mol. The van der Waals surface area contributed by atoms with Gasteiger partial charge in [0, 0.05) is 25.2 Å². The molecule has 0 aliphatic carbocycles. The number of carbonyl (C=O) groups excluding carboxylic acids is 1. The Morgan fingerprint density at radius 1 is 1.34 bits per heavy atom. The van der Waals surface area contributed by atoms with E-state index in [0.717, 1.165) is 19.0 Å². The molecule has 0 spiro atoms. The number of nitrogens with zero attached hydrogens (tertiary/aromatic N) is 4. The zero-order chi connectivity index (χ0) is 26.4. The van der Waals surface area contributed by atoms with Crippen molar-refractivity contribution in [2.45, 2.75) is 52.3 Å². The number of fused-ring (bicyclic) bond motifs is 1. The van der Waals surface area contributed by atoms with E-state index in [0.29, 0.717) is 13.1 Å². The van der Waals surface area contributed by atoms with Crippen LogP contribution in [0.3, 0.4) is 0 Å². The lowest BCUT2D eigenvalue weighted by Gasteiger charge is -2.35. The van der Waals surface area contributed by atoms with E-state index in [1.807, 2.05) is 20.8 Å². The summed E-state index contributed by atoms with van der Waals surface area (Å²) < 4.78 is 40.6. The van der Waals surface area contributed by atoms with Crippen molar-refractivity contribution < 1.29 is 32.6 Å². The van der Waals surface area contributed by atoms with Crippen molar-refractivity contribution in [3.63, 3.8) is 0 Å². The molecule has 0 saturated carbocycles. The van der Waals surface area contributed by atoms with Crippen LogP contribution in [0.4, 0.5) is 13.2 Å². The van der Waals surface area contributed by atoms with Crippen molar-refractivity contribution in [2.75, 3.05) is 19.7 Å². The third kappa shape index (κ3) is 8.10. The van der Waals surface area contributed by atoms with Crippen LogP contribution in [-0.2, 0) is 4.79 Å². The van der Waals surface area contributed by atoms with Gasteiger partial charge in [0.15, 0.2) is 5.65 Å². The number of halogens is 3. The Balaban J connectivity index is 0.000000251. The fraction of sp³-hybridized carbons (Fsp3) is 0.591. The summed E-state index contributed by atoms with van der Waals surface area (Å²) in [6.07, 6.45) is -1.56. The number of nitrogens with one attached hydrogen (secondary N) is 1. The molecular formula is C22H29F3N6O4. The molecule has 1 aliphatic heterocycles. The Labute approximate surface area is 200 Å². The minimum absolute atomic E-state index is 0.0175. The zero-order valence-electron chi connectivity index (χ0n) is 19.7. The van der Waals surface area contributed by atoms with Crippen LogP contribution >= 0.6 is 0 Å². The first-order valence-corrected chi connectivity index (χ1v) is 10.9. The van der Waals surface area contributed by atoms with Gasteiger partial charge in [0.1, 0.15) is 11.1 Å². The molecule has 0 unspecified atom stereocenters. The highest BCUT2D eigenvalue weighted by Crippen LogP contribution is 2.23. The monoisotopic (exact) mass is 498 g/mol. The van der Waals surface area contributed by atoms with Crippen molar-refractivity contribution >= 4 is 23.0 Å². The summed E-state index contributed by atoms with van der Waals surface area (Å²) in [5.41, 5.74) is 5.87. The number of nitriles is 1. The molecule has 1 aliphatic rings. The first-order chi connectivity index (χ1) is 16.2. The average molecular weight is 499 g/mol. The summed E-state index contributed by atoms with van der Waals surface area (Å²) >= 11 is 0. The normalized spacial score (nSPS) is 15.7. The van der Waals surface area contributed by atoms with Crippen LogP contribution in [0, 0.1) is 22.7 Å². The molecule has 4 N–H and O–H groups in total. The van der Waals surface area contributed by atoms with Gasteiger partial charge in [0.25, 0.3) is 0 Å². The Hall–Kier alpha value is -3.40. The van der Waals surface area contributed by atoms with Gasteiger partial charge in [0.05, 0.1) is 31.3 Å². The summed E-state index contributed by atoms with van der Waals surface area (Å²) in [5, 5.41) is 17.6. The van der Waals surface area contributed by atoms with Gasteiger partial charge in [-0.15, -0.1) is 0 Å². The summed E-state index contributed by atoms with van der Waals surface area (Å²) in [6, 6.07) is 1.80. The smallest absolute Gasteiger partial charge is 0.392 e. The second-order valence-electron chi connectivity index (χ2n) is 9.20. The Kier molecular flexibility index (Phi) is 9.03. The maximum absolute atomic E-state index is 12.1. The first-order valence-electron chi connectivity index (χ1n) is 10.9. The van der Waals surface area contributed by atoms with Crippen LogP contribution in [0.5, 0.6) is 5.88 Å². The van der Waals surface area contributed by atoms with Crippen LogP contribution in [-0.4, -0.2) is 68.7 Å². The molecule has 1 amide bonds. The number of nitrogens with two attached hydrogens (primary N) is 1. The number of ether oxygens (including phenoxy) is 1. The van der Waals surface area contributed by atoms with E-state index in [-0.39, 0.29) is 39.8 Å². The van der Waals surface area contributed by atoms with Gasteiger partial charge in [-0.1, -0.05) is 20.8 Å². The van der Waals surface area contributed by atoms with Crippen molar-refractivity contribution in [1.82, 2.24) is 19.9 Å². The van der Waals surface area contributed by atoms with Crippen LogP contribution < -0.4 is 10.5 Å². The van der Waals surface area contributed by atoms with Crippen molar-refractivity contribution in [3.05, 3.63) is 18.0 Å². The number of alkyl halides is 3. The largest absolute Gasteiger partial charge is 0.478 e. The van der Waals surface area contributed by atoms with Crippen molar-refractivity contribution in [1.29, 1.82) is 5.26 Å². The SMILES string of the molecule is CC(C)(C)[C@@H](N)C(=O)N1CCC(C#N)CC1.O=C(O)c1c[nH]c2ncc(OCCC(F)(F)F)nc12. The molecule has 0 aromatic carbocycles. The molecular weight excluding hydrogens is 469 g/mol. The fourth-order valence-electron chi connectivity index (χ4n) is 3.18. The van der Waals surface area contributed by atoms with Crippen LogP contribution in [0.2, 0.25) is 0 Å². The van der Waals surface area contributed by atoms with Crippen LogP contribution in [0.1, 0.15) is 50.4 Å². The second-order valence-corrected chi connectivity index (χ2v) is 9.20. The van der Waals surface area contributed by atoms with Crippen LogP contribution in [0.15, 0.2) is 12.4 Å². The lowest BCUT2D eigenvalue weighted by atomic mass is 9.86. The second kappa shape index (κ2) is 11.4. The number of likely N-dealkylation sites (tertiary alicyclic amines) is 1. The molecule has 10 nitrogen and oxygen atoms in total. The number of aromatic amines is 1. The maximum Gasteiger partial charge on any atom is 0.392 e. The number of aromatic nitrogens is 3. The molecule has 1 fully saturated rings. The predicted octanol–water partition coefficient (Wildman–Crippen LogP) is 3.11. The third-order valence-corrected chi connectivity index (χ3v) is 5.41. The number of carboxylic acids is 1. The van der Waals surface area contributed by atoms with E-state index in [4.69, 9.17) is 20.8 Å². The summed E-state index contributed by atoms with van der Waals surface area (Å²) in [7, 11) is 0. The van der Waals surface area contributed by atoms with Crippen LogP contribution in [0.25, 0.3) is 11.2 Å². The average Bonchev–Trinajstić information content (AvgIpc) is 3.21. The molecule has 0 bridgehead atoms. The first kappa shape index (κ1) is 27.8. The molecule has 3 heterocycles.